The van der Waals surface area contributed by atoms with Crippen molar-refractivity contribution in [1.82, 2.24) is 10.6 Å². The lowest BCUT2D eigenvalue weighted by molar-refractivity contribution is -0.143. The molecule has 7 nitrogen and oxygen atoms in total. The highest BCUT2D eigenvalue weighted by atomic mass is 16.5. The number of fused-ring (bicyclic) bond motifs is 4. The van der Waals surface area contributed by atoms with Crippen LogP contribution in [-0.4, -0.2) is 41.8 Å². The SMILES string of the molecule is CCC(CC(=O)N[C@@H]1C[C@H]2C[C@@]2(C(=O)O)C1)NC(=O)OCC1c2ccccc2-c2ccccc21. The average molecular weight is 463 g/mol. The lowest BCUT2D eigenvalue weighted by Gasteiger charge is -2.20. The van der Waals surface area contributed by atoms with Gasteiger partial charge in [0.1, 0.15) is 6.61 Å². The minimum atomic E-state index is -0.752. The average Bonchev–Trinajstić information content (AvgIpc) is 3.26. The normalized spacial score (nSPS) is 25.0. The summed E-state index contributed by atoms with van der Waals surface area (Å²) in [6, 6.07) is 15.9. The molecule has 3 aliphatic carbocycles. The first-order valence-electron chi connectivity index (χ1n) is 12.1. The third kappa shape index (κ3) is 4.04. The van der Waals surface area contributed by atoms with Gasteiger partial charge in [-0.3, -0.25) is 9.59 Å². The van der Waals surface area contributed by atoms with Crippen LogP contribution in [0.2, 0.25) is 0 Å². The van der Waals surface area contributed by atoms with Crippen molar-refractivity contribution >= 4 is 18.0 Å². The van der Waals surface area contributed by atoms with Crippen molar-refractivity contribution in [2.24, 2.45) is 11.3 Å². The van der Waals surface area contributed by atoms with Crippen molar-refractivity contribution in [3.63, 3.8) is 0 Å². The van der Waals surface area contributed by atoms with Gasteiger partial charge in [0.2, 0.25) is 5.91 Å². The number of hydrogen-bond donors (Lipinski definition) is 3. The minimum absolute atomic E-state index is 0.0168. The quantitative estimate of drug-likeness (QED) is 0.549. The zero-order valence-corrected chi connectivity index (χ0v) is 19.3. The van der Waals surface area contributed by atoms with Crippen LogP contribution in [0.25, 0.3) is 11.1 Å². The lowest BCUT2D eigenvalue weighted by Crippen LogP contribution is -2.42. The fraction of sp³-hybridized carbons (Fsp3) is 0.444. The molecule has 3 N–H and O–H groups in total. The van der Waals surface area contributed by atoms with Crippen LogP contribution < -0.4 is 10.6 Å². The molecule has 34 heavy (non-hydrogen) atoms. The first-order chi connectivity index (χ1) is 16.4. The number of carboxylic acids is 1. The molecular formula is C27H30N2O5. The van der Waals surface area contributed by atoms with Crippen LogP contribution in [0.1, 0.15) is 56.1 Å². The number of benzene rings is 2. The summed E-state index contributed by atoms with van der Waals surface area (Å²) in [7, 11) is 0. The van der Waals surface area contributed by atoms with Crippen molar-refractivity contribution in [2.75, 3.05) is 6.61 Å². The Kier molecular flexibility index (Phi) is 5.80. The van der Waals surface area contributed by atoms with Crippen LogP contribution in [0.5, 0.6) is 0 Å². The largest absolute Gasteiger partial charge is 0.481 e. The van der Waals surface area contributed by atoms with Crippen LogP contribution in [0.4, 0.5) is 4.79 Å². The maximum atomic E-state index is 12.6. The second-order valence-electron chi connectivity index (χ2n) is 9.85. The van der Waals surface area contributed by atoms with Gasteiger partial charge in [-0.1, -0.05) is 55.5 Å². The smallest absolute Gasteiger partial charge is 0.407 e. The monoisotopic (exact) mass is 462 g/mol. The zero-order chi connectivity index (χ0) is 23.9. The molecule has 2 aromatic carbocycles. The number of nitrogens with one attached hydrogen (secondary N) is 2. The van der Waals surface area contributed by atoms with Gasteiger partial charge < -0.3 is 20.5 Å². The number of carbonyl (C=O) groups excluding carboxylic acids is 2. The number of rotatable bonds is 8. The van der Waals surface area contributed by atoms with Crippen LogP contribution >= 0.6 is 0 Å². The molecule has 2 aromatic rings. The van der Waals surface area contributed by atoms with E-state index in [2.05, 4.69) is 34.9 Å². The molecule has 0 aliphatic heterocycles. The molecule has 4 atom stereocenters. The highest BCUT2D eigenvalue weighted by Crippen LogP contribution is 2.63. The van der Waals surface area contributed by atoms with E-state index in [1.165, 1.54) is 11.1 Å². The van der Waals surface area contributed by atoms with E-state index in [4.69, 9.17) is 4.74 Å². The van der Waals surface area contributed by atoms with Crippen molar-refractivity contribution in [3.8, 4) is 11.1 Å². The van der Waals surface area contributed by atoms with Gasteiger partial charge in [0.25, 0.3) is 0 Å². The van der Waals surface area contributed by atoms with Gasteiger partial charge in [0, 0.05) is 24.4 Å². The maximum absolute atomic E-state index is 12.6. The van der Waals surface area contributed by atoms with Gasteiger partial charge in [0.05, 0.1) is 5.41 Å². The van der Waals surface area contributed by atoms with E-state index in [-0.39, 0.29) is 42.9 Å². The molecule has 5 rings (SSSR count). The van der Waals surface area contributed by atoms with Gasteiger partial charge in [-0.05, 0) is 53.9 Å². The second-order valence-corrected chi connectivity index (χ2v) is 9.85. The van der Waals surface area contributed by atoms with Crippen molar-refractivity contribution in [3.05, 3.63) is 59.7 Å². The topological polar surface area (TPSA) is 105 Å². The molecule has 178 valence electrons. The van der Waals surface area contributed by atoms with Crippen molar-refractivity contribution in [1.29, 1.82) is 0 Å². The highest BCUT2D eigenvalue weighted by Gasteiger charge is 2.65. The Balaban J connectivity index is 1.13. The predicted molar refractivity (Wildman–Crippen MR) is 126 cm³/mol. The van der Waals surface area contributed by atoms with E-state index in [1.54, 1.807) is 0 Å². The molecule has 0 radical (unpaired) electrons. The van der Waals surface area contributed by atoms with E-state index in [0.29, 0.717) is 19.3 Å². The Morgan fingerprint density at radius 3 is 2.29 bits per heavy atom. The number of hydrogen-bond acceptors (Lipinski definition) is 4. The molecule has 1 unspecified atom stereocenters. The number of amides is 2. The van der Waals surface area contributed by atoms with Crippen molar-refractivity contribution in [2.45, 2.75) is 57.0 Å². The lowest BCUT2D eigenvalue weighted by atomic mass is 9.98. The predicted octanol–water partition coefficient (Wildman–Crippen LogP) is 4.06. The summed E-state index contributed by atoms with van der Waals surface area (Å²) in [4.78, 5) is 36.6. The summed E-state index contributed by atoms with van der Waals surface area (Å²) in [5, 5.41) is 15.2. The van der Waals surface area contributed by atoms with E-state index in [0.717, 1.165) is 17.5 Å². The molecule has 0 aromatic heterocycles. The van der Waals surface area contributed by atoms with E-state index in [9.17, 15) is 19.5 Å². The van der Waals surface area contributed by atoms with E-state index < -0.39 is 17.5 Å². The number of alkyl carbamates (subject to hydrolysis) is 1. The van der Waals surface area contributed by atoms with Gasteiger partial charge in [-0.2, -0.15) is 0 Å². The molecule has 2 saturated carbocycles. The van der Waals surface area contributed by atoms with E-state index in [1.807, 2.05) is 31.2 Å². The Hall–Kier alpha value is -3.35. The van der Waals surface area contributed by atoms with Gasteiger partial charge in [-0.25, -0.2) is 4.79 Å². The zero-order valence-electron chi connectivity index (χ0n) is 19.3. The molecule has 2 amide bonds. The van der Waals surface area contributed by atoms with Gasteiger partial charge in [-0.15, -0.1) is 0 Å². The minimum Gasteiger partial charge on any atom is -0.481 e. The van der Waals surface area contributed by atoms with Crippen molar-refractivity contribution < 1.29 is 24.2 Å². The highest BCUT2D eigenvalue weighted by molar-refractivity contribution is 5.81. The molecule has 0 bridgehead atoms. The van der Waals surface area contributed by atoms with Crippen LogP contribution in [-0.2, 0) is 14.3 Å². The van der Waals surface area contributed by atoms with Crippen LogP contribution in [0.3, 0.4) is 0 Å². The summed E-state index contributed by atoms with van der Waals surface area (Å²) >= 11 is 0. The molecule has 3 aliphatic rings. The summed E-state index contributed by atoms with van der Waals surface area (Å²) in [6.45, 7) is 2.13. The van der Waals surface area contributed by atoms with Crippen LogP contribution in [0.15, 0.2) is 48.5 Å². The number of aliphatic carboxylic acids is 1. The van der Waals surface area contributed by atoms with Crippen LogP contribution in [0, 0.1) is 11.3 Å². The molecule has 7 heteroatoms. The number of ether oxygens (including phenoxy) is 1. The molecule has 0 saturated heterocycles. The first-order valence-corrected chi connectivity index (χ1v) is 12.1. The summed E-state index contributed by atoms with van der Waals surface area (Å²) in [5.74, 6) is -0.761. The maximum Gasteiger partial charge on any atom is 0.407 e. The summed E-state index contributed by atoms with van der Waals surface area (Å²) in [6.07, 6.45) is 2.12. The fourth-order valence-electron chi connectivity index (χ4n) is 5.88. The Bertz CT molecular complexity index is 1090. The second kappa shape index (κ2) is 8.78. The Labute approximate surface area is 198 Å². The summed E-state index contributed by atoms with van der Waals surface area (Å²) in [5.41, 5.74) is 4.02. The third-order valence-corrected chi connectivity index (χ3v) is 7.79. The Morgan fingerprint density at radius 2 is 1.71 bits per heavy atom. The number of carbonyl (C=O) groups is 3. The Morgan fingerprint density at radius 1 is 1.06 bits per heavy atom. The van der Waals surface area contributed by atoms with Gasteiger partial charge >= 0.3 is 12.1 Å². The molecule has 0 heterocycles. The third-order valence-electron chi connectivity index (χ3n) is 7.79. The van der Waals surface area contributed by atoms with Gasteiger partial charge in [0.15, 0.2) is 0 Å². The standard InChI is InChI=1S/C27H30N2O5/c1-2-17(12-24(30)28-18-11-16-13-27(16,14-18)25(31)32)29-26(33)34-15-23-21-9-5-3-7-19(21)20-8-4-6-10-22(20)23/h3-10,16-18,23H,2,11-15H2,1H3,(H,28,30)(H,29,33)(H,31,32)/t16-,17?,18+,27+/m0/s1. The molecule has 0 spiro atoms. The number of carboxylic acid groups (broad SMARTS) is 1. The molecule has 2 fully saturated rings. The molecular weight excluding hydrogens is 432 g/mol. The van der Waals surface area contributed by atoms with E-state index >= 15 is 0 Å². The fourth-order valence-corrected chi connectivity index (χ4v) is 5.88. The summed E-state index contributed by atoms with van der Waals surface area (Å²) < 4.78 is 5.60. The first kappa shape index (κ1) is 22.4.